The molecule has 0 aliphatic carbocycles. The van der Waals surface area contributed by atoms with Crippen molar-refractivity contribution < 1.29 is 19.1 Å². The molecule has 0 aliphatic heterocycles. The van der Waals surface area contributed by atoms with Gasteiger partial charge in [-0.1, -0.05) is 53.3 Å². The van der Waals surface area contributed by atoms with Crippen LogP contribution in [0.2, 0.25) is 0 Å². The number of rotatable bonds is 7. The molecule has 0 fully saturated rings. The van der Waals surface area contributed by atoms with Gasteiger partial charge in [0.15, 0.2) is 23.2 Å². The van der Waals surface area contributed by atoms with E-state index in [1.165, 1.54) is 25.4 Å². The lowest BCUT2D eigenvalue weighted by Gasteiger charge is -2.09. The van der Waals surface area contributed by atoms with E-state index < -0.39 is 0 Å². The first-order valence-corrected chi connectivity index (χ1v) is 9.69. The quantitative estimate of drug-likeness (QED) is 0.611. The Morgan fingerprint density at radius 2 is 1.72 bits per heavy atom. The molecule has 3 rings (SSSR count). The molecule has 0 atom stereocenters. The van der Waals surface area contributed by atoms with Crippen LogP contribution in [0.15, 0.2) is 48.5 Å². The van der Waals surface area contributed by atoms with Crippen molar-refractivity contribution in [3.63, 3.8) is 0 Å². The van der Waals surface area contributed by atoms with Crippen LogP contribution in [0.25, 0.3) is 11.3 Å². The SMILES string of the molecule is COc1ccccc1OCC(=O)Nc1nc(-c2ccc(C)cc2)c(NC(C)=O)s1. The molecule has 1 aromatic heterocycles. The predicted octanol–water partition coefficient (Wildman–Crippen LogP) is 4.10. The zero-order chi connectivity index (χ0) is 20.8. The van der Waals surface area contributed by atoms with E-state index in [0.717, 1.165) is 11.1 Å². The van der Waals surface area contributed by atoms with Crippen LogP contribution >= 0.6 is 11.3 Å². The molecule has 2 amide bonds. The van der Waals surface area contributed by atoms with E-state index in [1.807, 2.05) is 37.3 Å². The summed E-state index contributed by atoms with van der Waals surface area (Å²) < 4.78 is 10.7. The van der Waals surface area contributed by atoms with Gasteiger partial charge in [0, 0.05) is 12.5 Å². The molecule has 29 heavy (non-hydrogen) atoms. The average molecular weight is 411 g/mol. The van der Waals surface area contributed by atoms with Gasteiger partial charge in [-0.3, -0.25) is 14.9 Å². The Morgan fingerprint density at radius 1 is 1.03 bits per heavy atom. The summed E-state index contributed by atoms with van der Waals surface area (Å²) in [5, 5.41) is 6.43. The summed E-state index contributed by atoms with van der Waals surface area (Å²) in [5.74, 6) is 0.446. The van der Waals surface area contributed by atoms with Crippen LogP contribution in [0.3, 0.4) is 0 Å². The molecule has 3 aromatic rings. The minimum Gasteiger partial charge on any atom is -0.493 e. The van der Waals surface area contributed by atoms with Gasteiger partial charge in [0.05, 0.1) is 7.11 Å². The van der Waals surface area contributed by atoms with E-state index in [4.69, 9.17) is 9.47 Å². The fraction of sp³-hybridized carbons (Fsp3) is 0.190. The molecule has 2 N–H and O–H groups in total. The number of ether oxygens (including phenoxy) is 2. The monoisotopic (exact) mass is 411 g/mol. The number of carbonyl (C=O) groups is 2. The van der Waals surface area contributed by atoms with Crippen molar-refractivity contribution in [2.45, 2.75) is 13.8 Å². The van der Waals surface area contributed by atoms with Crippen molar-refractivity contribution in [1.82, 2.24) is 4.98 Å². The fourth-order valence-electron chi connectivity index (χ4n) is 2.56. The summed E-state index contributed by atoms with van der Waals surface area (Å²) in [6, 6.07) is 14.9. The van der Waals surface area contributed by atoms with Crippen LogP contribution in [-0.4, -0.2) is 30.5 Å². The minimum absolute atomic E-state index is 0.199. The third-order valence-corrected chi connectivity index (χ3v) is 4.80. The van der Waals surface area contributed by atoms with E-state index in [2.05, 4.69) is 15.6 Å². The van der Waals surface area contributed by atoms with Crippen LogP contribution in [-0.2, 0) is 9.59 Å². The van der Waals surface area contributed by atoms with Gasteiger partial charge in [0.25, 0.3) is 5.91 Å². The van der Waals surface area contributed by atoms with E-state index in [1.54, 1.807) is 18.2 Å². The van der Waals surface area contributed by atoms with Crippen molar-refractivity contribution in [3.05, 3.63) is 54.1 Å². The normalized spacial score (nSPS) is 10.3. The van der Waals surface area contributed by atoms with Crippen molar-refractivity contribution in [1.29, 1.82) is 0 Å². The van der Waals surface area contributed by atoms with Gasteiger partial charge in [-0.2, -0.15) is 0 Å². The lowest BCUT2D eigenvalue weighted by atomic mass is 10.1. The van der Waals surface area contributed by atoms with E-state index in [9.17, 15) is 9.59 Å². The average Bonchev–Trinajstić information content (AvgIpc) is 3.08. The molecule has 0 bridgehead atoms. The van der Waals surface area contributed by atoms with Crippen molar-refractivity contribution >= 4 is 33.3 Å². The highest BCUT2D eigenvalue weighted by atomic mass is 32.1. The third-order valence-electron chi connectivity index (χ3n) is 3.92. The number of nitrogens with one attached hydrogen (secondary N) is 2. The smallest absolute Gasteiger partial charge is 0.264 e. The Kier molecular flexibility index (Phi) is 6.46. The molecule has 0 radical (unpaired) electrons. The molecule has 1 heterocycles. The van der Waals surface area contributed by atoms with Gasteiger partial charge in [-0.15, -0.1) is 0 Å². The second-order valence-corrected chi connectivity index (χ2v) is 7.23. The van der Waals surface area contributed by atoms with Gasteiger partial charge in [-0.05, 0) is 19.1 Å². The maximum Gasteiger partial charge on any atom is 0.264 e. The standard InChI is InChI=1S/C21H21N3O4S/c1-13-8-10-15(11-9-13)19-20(22-14(2)25)29-21(24-19)23-18(26)12-28-17-7-5-4-6-16(17)27-3/h4-11H,12H2,1-3H3,(H,22,25)(H,23,24,26). The zero-order valence-corrected chi connectivity index (χ0v) is 17.1. The number of para-hydroxylation sites is 2. The molecule has 0 aliphatic rings. The van der Waals surface area contributed by atoms with Crippen LogP contribution < -0.4 is 20.1 Å². The van der Waals surface area contributed by atoms with Crippen LogP contribution in [0.1, 0.15) is 12.5 Å². The van der Waals surface area contributed by atoms with Crippen LogP contribution in [0.4, 0.5) is 10.1 Å². The Hall–Kier alpha value is -3.39. The largest absolute Gasteiger partial charge is 0.493 e. The fourth-order valence-corrected chi connectivity index (χ4v) is 3.51. The number of amides is 2. The van der Waals surface area contributed by atoms with Crippen LogP contribution in [0, 0.1) is 6.92 Å². The number of hydrogen-bond acceptors (Lipinski definition) is 6. The van der Waals surface area contributed by atoms with Gasteiger partial charge in [0.1, 0.15) is 10.7 Å². The van der Waals surface area contributed by atoms with Gasteiger partial charge in [-0.25, -0.2) is 4.98 Å². The number of aromatic nitrogens is 1. The molecule has 150 valence electrons. The zero-order valence-electron chi connectivity index (χ0n) is 16.3. The number of aryl methyl sites for hydroxylation is 1. The molecule has 2 aromatic carbocycles. The Morgan fingerprint density at radius 3 is 2.38 bits per heavy atom. The van der Waals surface area contributed by atoms with Crippen molar-refractivity contribution in [3.8, 4) is 22.8 Å². The van der Waals surface area contributed by atoms with E-state index in [0.29, 0.717) is 27.3 Å². The van der Waals surface area contributed by atoms with Gasteiger partial charge in [0.2, 0.25) is 5.91 Å². The maximum atomic E-state index is 12.3. The first kappa shape index (κ1) is 20.3. The summed E-state index contributed by atoms with van der Waals surface area (Å²) in [5.41, 5.74) is 2.57. The molecule has 0 spiro atoms. The number of anilines is 2. The minimum atomic E-state index is -0.366. The molecule has 0 saturated carbocycles. The topological polar surface area (TPSA) is 89.6 Å². The highest BCUT2D eigenvalue weighted by Crippen LogP contribution is 2.36. The number of methoxy groups -OCH3 is 1. The third kappa shape index (κ3) is 5.32. The summed E-state index contributed by atoms with van der Waals surface area (Å²) >= 11 is 1.19. The van der Waals surface area contributed by atoms with Gasteiger partial charge < -0.3 is 14.8 Å². The number of thiazole rings is 1. The molecular formula is C21H21N3O4S. The molecule has 7 nitrogen and oxygen atoms in total. The van der Waals surface area contributed by atoms with Crippen molar-refractivity contribution in [2.24, 2.45) is 0 Å². The van der Waals surface area contributed by atoms with E-state index in [-0.39, 0.29) is 18.4 Å². The summed E-state index contributed by atoms with van der Waals surface area (Å²) in [7, 11) is 1.54. The molecular weight excluding hydrogens is 390 g/mol. The van der Waals surface area contributed by atoms with Gasteiger partial charge >= 0.3 is 0 Å². The Balaban J connectivity index is 1.73. The molecule has 0 unspecified atom stereocenters. The number of carbonyl (C=O) groups excluding carboxylic acids is 2. The number of hydrogen-bond donors (Lipinski definition) is 2. The Bertz CT molecular complexity index is 1020. The van der Waals surface area contributed by atoms with Crippen LogP contribution in [0.5, 0.6) is 11.5 Å². The lowest BCUT2D eigenvalue weighted by Crippen LogP contribution is -2.20. The first-order valence-electron chi connectivity index (χ1n) is 8.87. The Labute approximate surface area is 172 Å². The second-order valence-electron chi connectivity index (χ2n) is 6.23. The van der Waals surface area contributed by atoms with E-state index >= 15 is 0 Å². The summed E-state index contributed by atoms with van der Waals surface area (Å²) in [4.78, 5) is 28.3. The summed E-state index contributed by atoms with van der Waals surface area (Å²) in [6.07, 6.45) is 0. The maximum absolute atomic E-state index is 12.3. The highest BCUT2D eigenvalue weighted by Gasteiger charge is 2.16. The molecule has 0 saturated heterocycles. The summed E-state index contributed by atoms with van der Waals surface area (Å²) in [6.45, 7) is 3.22. The second kappa shape index (κ2) is 9.20. The number of benzene rings is 2. The molecule has 8 heteroatoms. The van der Waals surface area contributed by atoms with Crippen molar-refractivity contribution in [2.75, 3.05) is 24.4 Å². The predicted molar refractivity (Wildman–Crippen MR) is 114 cm³/mol. The first-order chi connectivity index (χ1) is 14.0. The lowest BCUT2D eigenvalue weighted by molar-refractivity contribution is -0.118. The number of nitrogens with zero attached hydrogens (tertiary/aromatic N) is 1. The highest BCUT2D eigenvalue weighted by molar-refractivity contribution is 7.20.